The molecule has 2 rings (SSSR count). The van der Waals surface area contributed by atoms with Gasteiger partial charge < -0.3 is 9.80 Å². The van der Waals surface area contributed by atoms with E-state index in [-0.39, 0.29) is 0 Å². The van der Waals surface area contributed by atoms with Crippen LogP contribution in [0, 0.1) is 0 Å². The highest BCUT2D eigenvalue weighted by Crippen LogP contribution is 2.31. The molecule has 0 aliphatic carbocycles. The average molecular weight is 637 g/mol. The number of hydrogen-bond acceptors (Lipinski definition) is 2. The van der Waals surface area contributed by atoms with E-state index in [0.717, 1.165) is 0 Å². The Balaban J connectivity index is 1.47. The second-order valence-corrected chi connectivity index (χ2v) is 14.8. The van der Waals surface area contributed by atoms with Crippen LogP contribution in [-0.2, 0) is 0 Å². The van der Waals surface area contributed by atoms with Gasteiger partial charge in [0.1, 0.15) is 6.17 Å². The van der Waals surface area contributed by atoms with E-state index in [1.54, 1.807) is 0 Å². The zero-order valence-electron chi connectivity index (χ0n) is 31.3. The van der Waals surface area contributed by atoms with Crippen molar-refractivity contribution in [2.75, 3.05) is 13.1 Å². The minimum absolute atomic E-state index is 0.393. The summed E-state index contributed by atoms with van der Waals surface area (Å²) in [6.07, 6.45) is 49.6. The molecule has 0 saturated heterocycles. The third-order valence-electron chi connectivity index (χ3n) is 10.5. The molecule has 1 aliphatic rings. The molecule has 1 atom stereocenters. The predicted octanol–water partition coefficient (Wildman–Crippen LogP) is 14.9. The topological polar surface area (TPSA) is 6.48 Å². The number of hydrogen-bond donors (Lipinski definition) is 0. The van der Waals surface area contributed by atoms with Crippen LogP contribution in [0.15, 0.2) is 42.7 Å². The second kappa shape index (κ2) is 30.9. The summed E-state index contributed by atoms with van der Waals surface area (Å²) in [5, 5.41) is 0. The maximum Gasteiger partial charge on any atom is 0.127 e. The van der Waals surface area contributed by atoms with Crippen molar-refractivity contribution in [2.45, 2.75) is 219 Å². The van der Waals surface area contributed by atoms with E-state index in [4.69, 9.17) is 0 Å². The number of unbranched alkanes of at least 4 members (excludes halogenated alkanes) is 29. The third kappa shape index (κ3) is 21.4. The van der Waals surface area contributed by atoms with E-state index in [2.05, 4.69) is 66.4 Å². The number of rotatable bonds is 34. The molecule has 1 unspecified atom stereocenters. The molecular formula is C44H80N2. The Labute approximate surface area is 289 Å². The largest absolute Gasteiger partial charge is 0.352 e. The van der Waals surface area contributed by atoms with Crippen LogP contribution < -0.4 is 0 Å². The molecule has 0 amide bonds. The van der Waals surface area contributed by atoms with Gasteiger partial charge in [0.25, 0.3) is 0 Å². The van der Waals surface area contributed by atoms with Gasteiger partial charge in [0.15, 0.2) is 0 Å². The Hall–Kier alpha value is -1.44. The molecule has 46 heavy (non-hydrogen) atoms. The molecule has 2 heteroatoms. The van der Waals surface area contributed by atoms with Crippen LogP contribution in [0.1, 0.15) is 225 Å². The van der Waals surface area contributed by atoms with Crippen LogP contribution in [0.5, 0.6) is 0 Å². The second-order valence-electron chi connectivity index (χ2n) is 14.8. The molecule has 0 fully saturated rings. The molecule has 0 radical (unpaired) electrons. The van der Waals surface area contributed by atoms with E-state index >= 15 is 0 Å². The zero-order chi connectivity index (χ0) is 32.6. The van der Waals surface area contributed by atoms with Crippen molar-refractivity contribution >= 4 is 0 Å². The van der Waals surface area contributed by atoms with Gasteiger partial charge in [-0.1, -0.05) is 230 Å². The minimum Gasteiger partial charge on any atom is -0.352 e. The Bertz CT molecular complexity index is 773. The Morgan fingerprint density at radius 1 is 0.348 bits per heavy atom. The fraction of sp³-hybridized carbons (Fsp3) is 0.818. The lowest BCUT2D eigenvalue weighted by Crippen LogP contribution is -2.32. The molecule has 1 heterocycles. The Morgan fingerprint density at radius 2 is 0.609 bits per heavy atom. The highest BCUT2D eigenvalue weighted by atomic mass is 15.4. The van der Waals surface area contributed by atoms with Gasteiger partial charge in [-0.2, -0.15) is 0 Å². The SMILES string of the molecule is CCCCCCCCCCCCCCCCCCN1C=CN(CCCCCCCCCCCCCCCCC)C1c1ccccc1. The van der Waals surface area contributed by atoms with Crippen molar-refractivity contribution in [1.29, 1.82) is 0 Å². The van der Waals surface area contributed by atoms with Crippen LogP contribution in [0.4, 0.5) is 0 Å². The van der Waals surface area contributed by atoms with Crippen LogP contribution in [0.2, 0.25) is 0 Å². The first-order valence-corrected chi connectivity index (χ1v) is 21.1. The first-order valence-electron chi connectivity index (χ1n) is 21.1. The quantitative estimate of drug-likeness (QED) is 0.0694. The summed E-state index contributed by atoms with van der Waals surface area (Å²) in [4.78, 5) is 5.23. The summed E-state index contributed by atoms with van der Waals surface area (Å²) >= 11 is 0. The van der Waals surface area contributed by atoms with Gasteiger partial charge in [0.05, 0.1) is 0 Å². The number of nitrogens with zero attached hydrogens (tertiary/aromatic N) is 2. The standard InChI is InChI=1S/C44H80N2/c1-3-5-7-9-11-13-15-17-19-21-23-25-27-29-31-36-40-46-42-41-45(44(46)43-37-33-32-34-38-43)39-35-30-28-26-24-22-20-18-16-14-12-10-8-6-4-2/h32-34,37-38,41-42,44H,3-31,35-36,39-40H2,1-2H3. The highest BCUT2D eigenvalue weighted by molar-refractivity contribution is 5.21. The molecule has 0 N–H and O–H groups in total. The van der Waals surface area contributed by atoms with Crippen LogP contribution in [0.25, 0.3) is 0 Å². The van der Waals surface area contributed by atoms with Crippen LogP contribution >= 0.6 is 0 Å². The van der Waals surface area contributed by atoms with Gasteiger partial charge in [-0.25, -0.2) is 0 Å². The van der Waals surface area contributed by atoms with Crippen molar-refractivity contribution in [3.63, 3.8) is 0 Å². The molecule has 1 aromatic carbocycles. The van der Waals surface area contributed by atoms with Gasteiger partial charge in [0, 0.05) is 25.5 Å². The van der Waals surface area contributed by atoms with Gasteiger partial charge in [-0.3, -0.25) is 0 Å². The summed E-state index contributed by atoms with van der Waals surface area (Å²) in [7, 11) is 0. The molecule has 0 aromatic heterocycles. The number of benzene rings is 1. The first kappa shape index (κ1) is 40.7. The van der Waals surface area contributed by atoms with Gasteiger partial charge >= 0.3 is 0 Å². The third-order valence-corrected chi connectivity index (χ3v) is 10.5. The predicted molar refractivity (Wildman–Crippen MR) is 206 cm³/mol. The minimum atomic E-state index is 0.393. The molecule has 0 saturated carbocycles. The van der Waals surface area contributed by atoms with Crippen molar-refractivity contribution < 1.29 is 0 Å². The van der Waals surface area contributed by atoms with Gasteiger partial charge in [0.2, 0.25) is 0 Å². The lowest BCUT2D eigenvalue weighted by Gasteiger charge is -2.33. The Kier molecular flexibility index (Phi) is 27.3. The fourth-order valence-electron chi connectivity index (χ4n) is 7.43. The van der Waals surface area contributed by atoms with Crippen molar-refractivity contribution in [2.24, 2.45) is 0 Å². The maximum absolute atomic E-state index is 2.62. The molecule has 0 spiro atoms. The zero-order valence-corrected chi connectivity index (χ0v) is 31.3. The smallest absolute Gasteiger partial charge is 0.127 e. The van der Waals surface area contributed by atoms with E-state index < -0.39 is 0 Å². The monoisotopic (exact) mass is 637 g/mol. The molecule has 1 aromatic rings. The Morgan fingerprint density at radius 3 is 0.891 bits per heavy atom. The van der Waals surface area contributed by atoms with Gasteiger partial charge in [-0.05, 0) is 18.4 Å². The normalized spacial score (nSPS) is 14.6. The fourth-order valence-corrected chi connectivity index (χ4v) is 7.43. The molecule has 1 aliphatic heterocycles. The molecule has 0 bridgehead atoms. The summed E-state index contributed by atoms with van der Waals surface area (Å²) < 4.78 is 0. The van der Waals surface area contributed by atoms with Crippen molar-refractivity contribution in [3.8, 4) is 0 Å². The van der Waals surface area contributed by atoms with Crippen LogP contribution in [-0.4, -0.2) is 22.9 Å². The first-order chi connectivity index (χ1) is 22.9. The van der Waals surface area contributed by atoms with Crippen molar-refractivity contribution in [1.82, 2.24) is 9.80 Å². The molecular weight excluding hydrogens is 556 g/mol. The summed E-state index contributed by atoms with van der Waals surface area (Å²) in [5.41, 5.74) is 1.45. The van der Waals surface area contributed by atoms with Crippen LogP contribution in [0.3, 0.4) is 0 Å². The average Bonchev–Trinajstić information content (AvgIpc) is 3.49. The lowest BCUT2D eigenvalue weighted by molar-refractivity contribution is 0.149. The summed E-state index contributed by atoms with van der Waals surface area (Å²) in [6, 6.07) is 11.2. The van der Waals surface area contributed by atoms with E-state index in [0.29, 0.717) is 6.17 Å². The van der Waals surface area contributed by atoms with E-state index in [9.17, 15) is 0 Å². The maximum atomic E-state index is 2.62. The molecule has 2 nitrogen and oxygen atoms in total. The van der Waals surface area contributed by atoms with Gasteiger partial charge in [-0.15, -0.1) is 0 Å². The highest BCUT2D eigenvalue weighted by Gasteiger charge is 2.26. The van der Waals surface area contributed by atoms with Crippen molar-refractivity contribution in [3.05, 3.63) is 48.3 Å². The molecule has 266 valence electrons. The summed E-state index contributed by atoms with van der Waals surface area (Å²) in [6.45, 7) is 6.98. The lowest BCUT2D eigenvalue weighted by atomic mass is 10.0. The van der Waals surface area contributed by atoms with E-state index in [1.165, 1.54) is 218 Å². The summed E-state index contributed by atoms with van der Waals surface area (Å²) in [5.74, 6) is 0. The van der Waals surface area contributed by atoms with E-state index in [1.807, 2.05) is 0 Å².